The van der Waals surface area contributed by atoms with E-state index in [1.54, 1.807) is 56.3 Å². The molecule has 3 aromatic carbocycles. The van der Waals surface area contributed by atoms with Crippen molar-refractivity contribution in [1.82, 2.24) is 9.99 Å². The van der Waals surface area contributed by atoms with Crippen LogP contribution in [0.25, 0.3) is 0 Å². The summed E-state index contributed by atoms with van der Waals surface area (Å²) in [5.41, 5.74) is 1.47. The zero-order chi connectivity index (χ0) is 41.7. The quantitative estimate of drug-likeness (QED) is 0.114. The molecule has 2 aliphatic carbocycles. The largest absolute Gasteiger partial charge is 0.507 e. The maximum Gasteiger partial charge on any atom is 0.417 e. The molecule has 2 saturated heterocycles. The number of carbonyl (C=O) groups is 5. The number of carboxylic acids is 1. The van der Waals surface area contributed by atoms with Gasteiger partial charge in [-0.15, -0.1) is 0 Å². The van der Waals surface area contributed by atoms with Crippen LogP contribution in [0.4, 0.5) is 24.7 Å². The molecule has 6 unspecified atom stereocenters. The predicted molar refractivity (Wildman–Crippen MR) is 202 cm³/mol. The number of carbonyl (C=O) groups excluding carboxylic acids is 4. The van der Waals surface area contributed by atoms with Gasteiger partial charge in [-0.05, 0) is 85.2 Å². The van der Waals surface area contributed by atoms with Gasteiger partial charge in [0.25, 0.3) is 11.8 Å². The fraction of sp³-hybridized carbons (Fsp3) is 0.268. The molecule has 4 amide bonds. The van der Waals surface area contributed by atoms with Gasteiger partial charge in [-0.2, -0.15) is 18.2 Å². The Labute approximate surface area is 337 Å². The van der Waals surface area contributed by atoms with Gasteiger partial charge in [0.05, 0.1) is 39.4 Å². The van der Waals surface area contributed by atoms with Gasteiger partial charge in [0.1, 0.15) is 17.1 Å². The fourth-order valence-corrected chi connectivity index (χ4v) is 9.74. The highest BCUT2D eigenvalue weighted by molar-refractivity contribution is 6.33. The Morgan fingerprint density at radius 1 is 0.914 bits per heavy atom. The summed E-state index contributed by atoms with van der Waals surface area (Å²) in [7, 11) is 0. The lowest BCUT2D eigenvalue weighted by molar-refractivity contribution is -0.139. The van der Waals surface area contributed by atoms with Gasteiger partial charge in [-0.3, -0.25) is 24.6 Å². The first kappa shape index (κ1) is 38.9. The molecule has 3 heterocycles. The Balaban J connectivity index is 1.31. The van der Waals surface area contributed by atoms with Crippen molar-refractivity contribution >= 4 is 64.3 Å². The standard InChI is InChI=1S/C41H31Cl2F3N4O8/c1-17-11-19(12-18(2)33(17)52)32-24-9-10-26-31(37(55)49(35(26)53)23-7-8-25(38(56)57)30(51)14-23)27(24)15-28-36(54)50(39(58)40(28,32)20-3-5-22(42)6-4-20)48-34-29(43)13-21(16-47-34)41(44,45)46/h3-9,11-14,16,26-28,31-32,51-52H,10,15H2,1-2H3,(H,47,48)(H,56,57). The van der Waals surface area contributed by atoms with E-state index in [9.17, 15) is 47.7 Å². The summed E-state index contributed by atoms with van der Waals surface area (Å²) in [6, 6.07) is 13.6. The smallest absolute Gasteiger partial charge is 0.417 e. The molecule has 12 nitrogen and oxygen atoms in total. The molecule has 4 aromatic rings. The molecule has 1 aromatic heterocycles. The molecule has 0 spiro atoms. The number of aromatic carboxylic acids is 1. The lowest BCUT2D eigenvalue weighted by atomic mass is 9.49. The van der Waals surface area contributed by atoms with E-state index in [2.05, 4.69) is 10.4 Å². The van der Waals surface area contributed by atoms with Gasteiger partial charge in [0.15, 0.2) is 5.82 Å². The molecule has 0 bridgehead atoms. The number of nitrogens with zero attached hydrogens (tertiary/aromatic N) is 3. The number of carboxylic acid groups (broad SMARTS) is 1. The van der Waals surface area contributed by atoms with Crippen molar-refractivity contribution in [3.8, 4) is 11.5 Å². The van der Waals surface area contributed by atoms with E-state index >= 15 is 4.79 Å². The van der Waals surface area contributed by atoms with Crippen molar-refractivity contribution in [3.63, 3.8) is 0 Å². The number of halogens is 5. The van der Waals surface area contributed by atoms with Crippen LogP contribution in [-0.2, 0) is 30.8 Å². The number of pyridine rings is 1. The van der Waals surface area contributed by atoms with Crippen LogP contribution in [0.5, 0.6) is 11.5 Å². The van der Waals surface area contributed by atoms with Gasteiger partial charge in [-0.1, -0.05) is 59.1 Å². The van der Waals surface area contributed by atoms with E-state index in [0.29, 0.717) is 50.1 Å². The molecule has 4 aliphatic rings. The Morgan fingerprint density at radius 3 is 2.19 bits per heavy atom. The van der Waals surface area contributed by atoms with Crippen LogP contribution in [-0.4, -0.2) is 54.9 Å². The maximum absolute atomic E-state index is 15.4. The number of rotatable bonds is 6. The summed E-state index contributed by atoms with van der Waals surface area (Å²) < 4.78 is 40.5. The molecule has 3 fully saturated rings. The Bertz CT molecular complexity index is 2510. The molecular weight excluding hydrogens is 804 g/mol. The minimum atomic E-state index is -4.78. The lowest BCUT2D eigenvalue weighted by Gasteiger charge is -2.50. The zero-order valence-corrected chi connectivity index (χ0v) is 31.9. The second kappa shape index (κ2) is 13.6. The van der Waals surface area contributed by atoms with Crippen LogP contribution >= 0.6 is 23.2 Å². The van der Waals surface area contributed by atoms with Gasteiger partial charge < -0.3 is 15.3 Å². The third-order valence-electron chi connectivity index (χ3n) is 11.9. The third kappa shape index (κ3) is 5.73. The van der Waals surface area contributed by atoms with E-state index in [0.717, 1.165) is 17.0 Å². The number of phenols is 2. The molecule has 8 rings (SSSR count). The first-order valence-corrected chi connectivity index (χ1v) is 18.7. The second-order valence-corrected chi connectivity index (χ2v) is 15.8. The minimum absolute atomic E-state index is 0.00425. The predicted octanol–water partition coefficient (Wildman–Crippen LogP) is 7.32. The number of aryl methyl sites for hydroxylation is 2. The number of allylic oxidation sites excluding steroid dienone is 2. The molecule has 17 heteroatoms. The van der Waals surface area contributed by atoms with E-state index in [4.69, 9.17) is 23.2 Å². The van der Waals surface area contributed by atoms with E-state index < -0.39 is 98.5 Å². The monoisotopic (exact) mass is 834 g/mol. The molecule has 0 radical (unpaired) electrons. The van der Waals surface area contributed by atoms with Crippen molar-refractivity contribution in [3.05, 3.63) is 122 Å². The minimum Gasteiger partial charge on any atom is -0.507 e. The number of benzene rings is 3. The van der Waals surface area contributed by atoms with Crippen molar-refractivity contribution in [1.29, 1.82) is 0 Å². The summed E-state index contributed by atoms with van der Waals surface area (Å²) >= 11 is 12.6. The Hall–Kier alpha value is -5.93. The molecule has 4 N–H and O–H groups in total. The highest BCUT2D eigenvalue weighted by Gasteiger charge is 2.70. The van der Waals surface area contributed by atoms with E-state index in [1.807, 2.05) is 0 Å². The van der Waals surface area contributed by atoms with Crippen LogP contribution in [0.3, 0.4) is 0 Å². The highest BCUT2D eigenvalue weighted by atomic mass is 35.5. The summed E-state index contributed by atoms with van der Waals surface area (Å²) in [4.78, 5) is 75.2. The van der Waals surface area contributed by atoms with Gasteiger partial charge in [-0.25, -0.2) is 14.7 Å². The van der Waals surface area contributed by atoms with Crippen LogP contribution in [0.1, 0.15) is 56.9 Å². The summed E-state index contributed by atoms with van der Waals surface area (Å²) in [6.45, 7) is 3.33. The first-order chi connectivity index (χ1) is 27.4. The topological polar surface area (TPSA) is 177 Å². The highest BCUT2D eigenvalue weighted by Crippen LogP contribution is 2.64. The number of aromatic nitrogens is 1. The van der Waals surface area contributed by atoms with Crippen LogP contribution in [0.2, 0.25) is 10.0 Å². The van der Waals surface area contributed by atoms with Crippen molar-refractivity contribution in [2.75, 3.05) is 10.3 Å². The number of phenolic OH excluding ortho intramolecular Hbond substituents is 1. The van der Waals surface area contributed by atoms with Gasteiger partial charge in [0, 0.05) is 23.2 Å². The van der Waals surface area contributed by atoms with E-state index in [-0.39, 0.29) is 24.3 Å². The van der Waals surface area contributed by atoms with Crippen molar-refractivity contribution in [2.45, 2.75) is 44.2 Å². The number of hydrogen-bond acceptors (Lipinski definition) is 9. The number of aromatic hydroxyl groups is 2. The van der Waals surface area contributed by atoms with Crippen LogP contribution < -0.4 is 10.3 Å². The van der Waals surface area contributed by atoms with Gasteiger partial charge in [0.2, 0.25) is 11.8 Å². The average Bonchev–Trinajstić information content (AvgIpc) is 3.54. The molecule has 2 aliphatic heterocycles. The average molecular weight is 836 g/mol. The van der Waals surface area contributed by atoms with Gasteiger partial charge >= 0.3 is 12.1 Å². The fourth-order valence-electron chi connectivity index (χ4n) is 9.41. The van der Waals surface area contributed by atoms with Crippen LogP contribution in [0.15, 0.2) is 78.5 Å². The SMILES string of the molecule is Cc1cc(C2C3=CCC4C(=O)N(c5ccc(C(=O)O)c(O)c5)C(=O)C4C3CC3C(=O)N(Nc4ncc(C(F)(F)F)cc4Cl)C(=O)C32c2ccc(Cl)cc2)cc(C)c1O. The lowest BCUT2D eigenvalue weighted by Crippen LogP contribution is -2.53. The summed E-state index contributed by atoms with van der Waals surface area (Å²) in [6.07, 6.45) is -2.58. The maximum atomic E-state index is 15.4. The number of imide groups is 2. The second-order valence-electron chi connectivity index (χ2n) is 14.9. The Morgan fingerprint density at radius 2 is 1.59 bits per heavy atom. The number of nitrogens with one attached hydrogen (secondary N) is 1. The van der Waals surface area contributed by atoms with Crippen molar-refractivity contribution < 1.29 is 52.5 Å². The molecule has 1 saturated carbocycles. The summed E-state index contributed by atoms with van der Waals surface area (Å²) in [5, 5.41) is 31.2. The number of anilines is 2. The van der Waals surface area contributed by atoms with Crippen LogP contribution in [0, 0.1) is 37.5 Å². The number of amides is 4. The normalized spacial score (nSPS) is 25.4. The third-order valence-corrected chi connectivity index (χ3v) is 12.4. The zero-order valence-electron chi connectivity index (χ0n) is 30.3. The summed E-state index contributed by atoms with van der Waals surface area (Å²) in [5.74, 6) is -10.5. The number of hydrogen-bond donors (Lipinski definition) is 4. The van der Waals surface area contributed by atoms with Crippen molar-refractivity contribution in [2.24, 2.45) is 23.7 Å². The number of fused-ring (bicyclic) bond motifs is 4. The van der Waals surface area contributed by atoms with E-state index in [1.165, 1.54) is 6.07 Å². The number of alkyl halides is 3. The first-order valence-electron chi connectivity index (χ1n) is 17.9. The molecule has 58 heavy (non-hydrogen) atoms. The number of hydrazine groups is 1. The molecule has 6 atom stereocenters. The Kier molecular flexibility index (Phi) is 9.12. The molecular formula is C41H31Cl2F3N4O8. The molecule has 298 valence electrons.